The van der Waals surface area contributed by atoms with Crippen molar-refractivity contribution in [1.82, 2.24) is 0 Å². The molecule has 4 nitrogen and oxygen atoms in total. The molecule has 0 unspecified atom stereocenters. The van der Waals surface area contributed by atoms with Gasteiger partial charge in [0.25, 0.3) is 0 Å². The minimum Gasteiger partial charge on any atom is -0.294 e. The van der Waals surface area contributed by atoms with E-state index in [9.17, 15) is 0 Å². The van der Waals surface area contributed by atoms with Crippen LogP contribution in [0.2, 0.25) is 11.8 Å². The Bertz CT molecular complexity index is 365. The maximum atomic E-state index is 4.81. The molecule has 0 spiro atoms. The molecule has 8 N–H and O–H groups in total. The van der Waals surface area contributed by atoms with Gasteiger partial charge in [-0.05, 0) is 0 Å². The Morgan fingerprint density at radius 3 is 0.852 bits per heavy atom. The van der Waals surface area contributed by atoms with Crippen LogP contribution in [0.3, 0.4) is 0 Å². The third-order valence-corrected chi connectivity index (χ3v) is 21.6. The topological polar surface area (TPSA) is 104 Å². The molecule has 0 saturated heterocycles. The molecule has 0 bridgehead atoms. The molecule has 0 aromatic carbocycles. The fourth-order valence-corrected chi connectivity index (χ4v) is 22.9. The number of hydrogen-bond donors (Lipinski definition) is 4. The maximum absolute atomic E-state index is 4.81. The van der Waals surface area contributed by atoms with Crippen molar-refractivity contribution in [2.24, 2.45) is 22.0 Å². The van der Waals surface area contributed by atoms with Gasteiger partial charge in [-0.2, -0.15) is 0 Å². The largest absolute Gasteiger partial charge is 0.294 e. The average Bonchev–Trinajstić information content (AvgIpc) is 2.64. The Morgan fingerprint density at radius 2 is 0.667 bits per heavy atom. The van der Waals surface area contributed by atoms with E-state index in [-0.39, 0.29) is 0 Å². The second kappa shape index (κ2) is 16.6. The minimum absolute atomic E-state index is 1.30. The van der Waals surface area contributed by atoms with E-state index in [2.05, 4.69) is 23.6 Å². The first-order valence-electron chi connectivity index (χ1n) is 11.0. The van der Waals surface area contributed by atoms with Crippen molar-refractivity contribution in [3.63, 3.8) is 0 Å². The SMILES string of the molecule is C1CC[CH]([SnH]([CH]2CCCCC2)[CH]2CCCCC2)CC1.N[PH](N)=S.N[PH](N)=S. The quantitative estimate of drug-likeness (QED) is 0.285. The van der Waals surface area contributed by atoms with Crippen LogP contribution >= 0.6 is 14.0 Å². The summed E-state index contributed by atoms with van der Waals surface area (Å²) in [4.78, 5) is 0. The zero-order valence-corrected chi connectivity index (χ0v) is 24.0. The number of nitrogens with two attached hydrogens (primary N) is 4. The molecule has 0 radical (unpaired) electrons. The van der Waals surface area contributed by atoms with Crippen LogP contribution in [-0.4, -0.2) is 19.8 Å². The first-order valence-corrected chi connectivity index (χ1v) is 22.3. The Labute approximate surface area is 186 Å². The van der Waals surface area contributed by atoms with Crippen molar-refractivity contribution in [3.8, 4) is 0 Å². The van der Waals surface area contributed by atoms with Crippen LogP contribution in [0.1, 0.15) is 96.3 Å². The van der Waals surface area contributed by atoms with Crippen molar-refractivity contribution in [2.75, 3.05) is 0 Å². The molecule has 27 heavy (non-hydrogen) atoms. The second-order valence-corrected chi connectivity index (χ2v) is 24.4. The summed E-state index contributed by atoms with van der Waals surface area (Å²) >= 11 is 7.25. The summed E-state index contributed by atoms with van der Waals surface area (Å²) in [7, 11) is 0. The van der Waals surface area contributed by atoms with E-state index in [1.807, 2.05) is 0 Å². The third kappa shape index (κ3) is 13.1. The van der Waals surface area contributed by atoms with Crippen molar-refractivity contribution in [2.45, 2.75) is 108 Å². The second-order valence-electron chi connectivity index (χ2n) is 8.58. The number of hydrogen-bond acceptors (Lipinski definition) is 2. The first kappa shape index (κ1) is 27.0. The summed E-state index contributed by atoms with van der Waals surface area (Å²) in [6, 6.07) is 0. The molecule has 0 aliphatic heterocycles. The molecule has 0 aromatic rings. The molecule has 0 amide bonds. The maximum Gasteiger partial charge on any atom is 0.0547 e. The van der Waals surface area contributed by atoms with Crippen LogP contribution in [0, 0.1) is 0 Å². The van der Waals surface area contributed by atoms with Gasteiger partial charge in [-0.25, -0.2) is 0 Å². The van der Waals surface area contributed by atoms with Gasteiger partial charge < -0.3 is 0 Å². The predicted octanol–water partition coefficient (Wildman–Crippen LogP) is 5.04. The molecule has 0 heterocycles. The molecule has 3 saturated carbocycles. The van der Waals surface area contributed by atoms with Crippen molar-refractivity contribution in [1.29, 1.82) is 0 Å². The Balaban J connectivity index is 0.000000390. The molecule has 9 heteroatoms. The molecule has 0 atom stereocenters. The van der Waals surface area contributed by atoms with Gasteiger partial charge in [-0.1, -0.05) is 23.6 Å². The van der Waals surface area contributed by atoms with Crippen LogP contribution in [0.25, 0.3) is 0 Å². The van der Waals surface area contributed by atoms with Crippen LogP contribution in [0.4, 0.5) is 0 Å². The zero-order chi connectivity index (χ0) is 20.1. The molecule has 3 fully saturated rings. The van der Waals surface area contributed by atoms with Gasteiger partial charge in [0, 0.05) is 0 Å². The van der Waals surface area contributed by atoms with Crippen LogP contribution in [0.5, 0.6) is 0 Å². The predicted molar refractivity (Wildman–Crippen MR) is 136 cm³/mol. The molecule has 3 aliphatic carbocycles. The van der Waals surface area contributed by atoms with Gasteiger partial charge >= 0.3 is 128 Å². The Kier molecular flexibility index (Phi) is 16.6. The van der Waals surface area contributed by atoms with E-state index in [4.69, 9.17) is 22.0 Å². The van der Waals surface area contributed by atoms with Crippen LogP contribution in [-0.2, 0) is 23.6 Å². The van der Waals surface area contributed by atoms with Crippen molar-refractivity contribution < 1.29 is 0 Å². The first-order chi connectivity index (χ1) is 12.9. The van der Waals surface area contributed by atoms with Crippen LogP contribution < -0.4 is 22.0 Å². The summed E-state index contributed by atoms with van der Waals surface area (Å²) in [5.74, 6) is 0. The monoisotopic (exact) mass is 562 g/mol. The molecule has 3 rings (SSSR count). The molecular formula is C18H44N4P2S2Sn. The van der Waals surface area contributed by atoms with Crippen LogP contribution in [0.15, 0.2) is 0 Å². The van der Waals surface area contributed by atoms with Crippen molar-refractivity contribution in [3.05, 3.63) is 0 Å². The normalized spacial score (nSPS) is 22.9. The van der Waals surface area contributed by atoms with E-state index in [0.717, 1.165) is 0 Å². The van der Waals surface area contributed by atoms with Crippen molar-refractivity contribution >= 4 is 57.4 Å². The van der Waals surface area contributed by atoms with Gasteiger partial charge in [-0.15, -0.1) is 0 Å². The van der Waals surface area contributed by atoms with E-state index < -0.39 is 33.8 Å². The summed E-state index contributed by atoms with van der Waals surface area (Å²) < 4.78 is 4.00. The zero-order valence-electron chi connectivity index (χ0n) is 17.0. The van der Waals surface area contributed by atoms with E-state index in [1.165, 1.54) is 11.8 Å². The van der Waals surface area contributed by atoms with Gasteiger partial charge in [0.2, 0.25) is 0 Å². The summed E-state index contributed by atoms with van der Waals surface area (Å²) in [6.45, 7) is -2.59. The fraction of sp³-hybridized carbons (Fsp3) is 1.00. The van der Waals surface area contributed by atoms with E-state index >= 15 is 0 Å². The van der Waals surface area contributed by atoms with Gasteiger partial charge in [0.1, 0.15) is 0 Å². The standard InChI is InChI=1S/3C6H11.2H5N2PS.Sn.H/c3*1-2-4-6-5-3-1;2*1-3(2)4;;/h3*1H,2-6H2;2*3H,(H4,1,2,4);;. The van der Waals surface area contributed by atoms with E-state index in [0.29, 0.717) is 0 Å². The summed E-state index contributed by atoms with van der Waals surface area (Å²) in [5, 5.41) is 0. The molecule has 162 valence electrons. The van der Waals surface area contributed by atoms with E-state index in [1.54, 1.807) is 96.3 Å². The Morgan fingerprint density at radius 1 is 0.481 bits per heavy atom. The van der Waals surface area contributed by atoms with Gasteiger partial charge in [0.05, 0.1) is 14.0 Å². The Hall–Kier alpha value is 1.94. The smallest absolute Gasteiger partial charge is 0.0547 e. The summed E-state index contributed by atoms with van der Waals surface area (Å²) in [5.41, 5.74) is 19.2. The van der Waals surface area contributed by atoms with Gasteiger partial charge in [-0.3, -0.25) is 22.0 Å². The minimum atomic E-state index is -1.31. The fourth-order valence-electron chi connectivity index (χ4n) is 5.71. The van der Waals surface area contributed by atoms with Gasteiger partial charge in [0.15, 0.2) is 0 Å². The molecule has 3 aliphatic rings. The average molecular weight is 561 g/mol. The number of rotatable bonds is 3. The molecule has 0 aromatic heterocycles. The summed E-state index contributed by atoms with van der Waals surface area (Å²) in [6.07, 6.45) is 24.3. The molecular weight excluding hydrogens is 517 g/mol. The third-order valence-electron chi connectivity index (χ3n) is 6.58.